The van der Waals surface area contributed by atoms with Crippen molar-refractivity contribution in [2.24, 2.45) is 0 Å². The Morgan fingerprint density at radius 2 is 2.00 bits per heavy atom. The van der Waals surface area contributed by atoms with Gasteiger partial charge in [-0.2, -0.15) is 5.10 Å². The minimum atomic E-state index is -1.20. The van der Waals surface area contributed by atoms with Gasteiger partial charge in [-0.15, -0.1) is 0 Å². The van der Waals surface area contributed by atoms with Crippen LogP contribution in [0.4, 0.5) is 0 Å². The molecule has 0 spiro atoms. The van der Waals surface area contributed by atoms with Gasteiger partial charge < -0.3 is 5.11 Å². The van der Waals surface area contributed by atoms with Crippen LogP contribution in [0.1, 0.15) is 25.1 Å². The van der Waals surface area contributed by atoms with Crippen molar-refractivity contribution in [3.05, 3.63) is 53.9 Å². The van der Waals surface area contributed by atoms with Gasteiger partial charge in [0.15, 0.2) is 5.54 Å². The van der Waals surface area contributed by atoms with Crippen LogP contribution in [0.3, 0.4) is 0 Å². The summed E-state index contributed by atoms with van der Waals surface area (Å²) in [5.41, 5.74) is 0.454. The van der Waals surface area contributed by atoms with E-state index in [2.05, 4.69) is 10.4 Å². The normalized spacial score (nSPS) is 14.1. The largest absolute Gasteiger partial charge is 0.480 e. The van der Waals surface area contributed by atoms with Crippen LogP contribution >= 0.6 is 0 Å². The van der Waals surface area contributed by atoms with E-state index in [1.54, 1.807) is 10.9 Å². The molecule has 0 radical (unpaired) electrons. The molecule has 0 saturated heterocycles. The molecule has 5 heteroatoms. The minimum absolute atomic E-state index is 0.0252. The number of carbonyl (C=O) groups is 1. The number of rotatable bonds is 6. The van der Waals surface area contributed by atoms with Crippen LogP contribution in [-0.2, 0) is 16.9 Å². The van der Waals surface area contributed by atoms with Gasteiger partial charge in [0.2, 0.25) is 0 Å². The number of carboxylic acids is 1. The summed E-state index contributed by atoms with van der Waals surface area (Å²) in [6, 6.07) is 11.1. The summed E-state index contributed by atoms with van der Waals surface area (Å²) in [5, 5.41) is 17.4. The van der Waals surface area contributed by atoms with Gasteiger partial charge >= 0.3 is 5.97 Å². The van der Waals surface area contributed by atoms with E-state index in [9.17, 15) is 9.90 Å². The molecule has 0 aliphatic heterocycles. The molecular formula is C16H21N3O2. The van der Waals surface area contributed by atoms with Crippen molar-refractivity contribution in [2.45, 2.75) is 38.9 Å². The van der Waals surface area contributed by atoms with E-state index >= 15 is 0 Å². The van der Waals surface area contributed by atoms with E-state index in [0.29, 0.717) is 0 Å². The zero-order valence-corrected chi connectivity index (χ0v) is 12.6. The number of nitrogens with zero attached hydrogens (tertiary/aromatic N) is 2. The second-order valence-corrected chi connectivity index (χ2v) is 5.51. The molecule has 0 bridgehead atoms. The van der Waals surface area contributed by atoms with Crippen molar-refractivity contribution >= 4 is 5.97 Å². The summed E-state index contributed by atoms with van der Waals surface area (Å²) in [4.78, 5) is 12.1. The van der Waals surface area contributed by atoms with E-state index < -0.39 is 11.5 Å². The first-order valence-electron chi connectivity index (χ1n) is 7.01. The molecule has 0 saturated carbocycles. The van der Waals surface area contributed by atoms with Gasteiger partial charge in [-0.3, -0.25) is 10.00 Å². The van der Waals surface area contributed by atoms with Gasteiger partial charge in [-0.1, -0.05) is 30.3 Å². The Morgan fingerprint density at radius 3 is 2.48 bits per heavy atom. The number of aromatic nitrogens is 2. The maximum Gasteiger partial charge on any atom is 0.330 e. The lowest BCUT2D eigenvalue weighted by Crippen LogP contribution is -2.55. The molecule has 1 aromatic carbocycles. The van der Waals surface area contributed by atoms with Crippen LogP contribution in [0.15, 0.2) is 42.6 Å². The predicted molar refractivity (Wildman–Crippen MR) is 81.0 cm³/mol. The molecule has 5 nitrogen and oxygen atoms in total. The van der Waals surface area contributed by atoms with E-state index in [1.807, 2.05) is 57.2 Å². The van der Waals surface area contributed by atoms with Crippen LogP contribution < -0.4 is 5.32 Å². The molecular weight excluding hydrogens is 266 g/mol. The highest BCUT2D eigenvalue weighted by molar-refractivity contribution is 5.80. The molecule has 1 aromatic heterocycles. The quantitative estimate of drug-likeness (QED) is 0.854. The molecule has 21 heavy (non-hydrogen) atoms. The number of hydrogen-bond acceptors (Lipinski definition) is 3. The van der Waals surface area contributed by atoms with E-state index in [-0.39, 0.29) is 12.6 Å². The molecule has 2 N–H and O–H groups in total. The zero-order valence-electron chi connectivity index (χ0n) is 12.6. The van der Waals surface area contributed by atoms with Gasteiger partial charge in [-0.25, -0.2) is 4.79 Å². The van der Waals surface area contributed by atoms with E-state index in [1.165, 1.54) is 0 Å². The molecule has 1 atom stereocenters. The maximum absolute atomic E-state index is 12.1. The van der Waals surface area contributed by atoms with Crippen molar-refractivity contribution in [2.75, 3.05) is 0 Å². The Bertz CT molecular complexity index is 607. The molecule has 0 fully saturated rings. The highest BCUT2D eigenvalue weighted by atomic mass is 16.4. The van der Waals surface area contributed by atoms with Gasteiger partial charge in [0.05, 0.1) is 6.54 Å². The van der Waals surface area contributed by atoms with Crippen LogP contribution in [0.5, 0.6) is 0 Å². The first-order chi connectivity index (χ1) is 9.95. The Hall–Kier alpha value is -2.14. The summed E-state index contributed by atoms with van der Waals surface area (Å²) in [5.74, 6) is -0.905. The molecule has 1 heterocycles. The molecule has 2 rings (SSSR count). The van der Waals surface area contributed by atoms with Crippen molar-refractivity contribution in [1.82, 2.24) is 15.1 Å². The van der Waals surface area contributed by atoms with Crippen molar-refractivity contribution in [3.63, 3.8) is 0 Å². The molecule has 1 unspecified atom stereocenters. The summed E-state index contributed by atoms with van der Waals surface area (Å²) in [6.45, 7) is 6.04. The maximum atomic E-state index is 12.1. The van der Waals surface area contributed by atoms with Crippen molar-refractivity contribution in [1.29, 1.82) is 0 Å². The lowest BCUT2D eigenvalue weighted by Gasteiger charge is -2.33. The molecule has 0 aliphatic rings. The lowest BCUT2D eigenvalue weighted by molar-refractivity contribution is -0.146. The Kier molecular flexibility index (Phi) is 4.43. The lowest BCUT2D eigenvalue weighted by atomic mass is 9.88. The highest BCUT2D eigenvalue weighted by Gasteiger charge is 2.41. The topological polar surface area (TPSA) is 67.2 Å². The first-order valence-corrected chi connectivity index (χ1v) is 7.01. The summed E-state index contributed by atoms with van der Waals surface area (Å²) in [7, 11) is 0. The third-order valence-electron chi connectivity index (χ3n) is 3.48. The van der Waals surface area contributed by atoms with E-state index in [0.717, 1.165) is 11.3 Å². The molecule has 0 aliphatic carbocycles. The third-order valence-corrected chi connectivity index (χ3v) is 3.48. The standard InChI is InChI=1S/C16H21N3O2/c1-12(2)18-16(15(20)21,14-7-5-4-6-8-14)11-19-13(3)9-10-17-19/h4-10,12,18H,11H2,1-3H3,(H,20,21). The Balaban J connectivity index is 2.51. The minimum Gasteiger partial charge on any atom is -0.480 e. The fraction of sp³-hybridized carbons (Fsp3) is 0.375. The van der Waals surface area contributed by atoms with Crippen molar-refractivity contribution in [3.8, 4) is 0 Å². The smallest absolute Gasteiger partial charge is 0.330 e. The average molecular weight is 287 g/mol. The SMILES string of the molecule is Cc1ccnn1CC(NC(C)C)(C(=O)O)c1ccccc1. The number of hydrogen-bond donors (Lipinski definition) is 2. The summed E-state index contributed by atoms with van der Waals surface area (Å²) < 4.78 is 1.72. The fourth-order valence-electron chi connectivity index (χ4n) is 2.48. The zero-order chi connectivity index (χ0) is 15.5. The second kappa shape index (κ2) is 6.10. The van der Waals surface area contributed by atoms with Crippen LogP contribution in [-0.4, -0.2) is 26.9 Å². The van der Waals surface area contributed by atoms with Crippen LogP contribution in [0, 0.1) is 6.92 Å². The Morgan fingerprint density at radius 1 is 1.33 bits per heavy atom. The van der Waals surface area contributed by atoms with Gasteiger partial charge in [-0.05, 0) is 32.4 Å². The second-order valence-electron chi connectivity index (χ2n) is 5.51. The van der Waals surface area contributed by atoms with Crippen LogP contribution in [0.2, 0.25) is 0 Å². The van der Waals surface area contributed by atoms with Crippen molar-refractivity contribution < 1.29 is 9.90 Å². The van der Waals surface area contributed by atoms with E-state index in [4.69, 9.17) is 0 Å². The molecule has 0 amide bonds. The monoisotopic (exact) mass is 287 g/mol. The molecule has 112 valence electrons. The molecule has 2 aromatic rings. The van der Waals surface area contributed by atoms with Gasteiger partial charge in [0.25, 0.3) is 0 Å². The summed E-state index contributed by atoms with van der Waals surface area (Å²) >= 11 is 0. The highest BCUT2D eigenvalue weighted by Crippen LogP contribution is 2.25. The predicted octanol–water partition coefficient (Wildman–Crippen LogP) is 2.17. The number of nitrogens with one attached hydrogen (secondary N) is 1. The number of benzene rings is 1. The fourth-order valence-corrected chi connectivity index (χ4v) is 2.48. The third kappa shape index (κ3) is 3.13. The Labute approximate surface area is 124 Å². The van der Waals surface area contributed by atoms with Gasteiger partial charge in [0.1, 0.15) is 0 Å². The first kappa shape index (κ1) is 15.3. The number of aryl methyl sites for hydroxylation is 1. The summed E-state index contributed by atoms with van der Waals surface area (Å²) in [6.07, 6.45) is 1.68. The average Bonchev–Trinajstić information content (AvgIpc) is 2.83. The van der Waals surface area contributed by atoms with Gasteiger partial charge in [0, 0.05) is 17.9 Å². The number of carboxylic acid groups (broad SMARTS) is 1. The van der Waals surface area contributed by atoms with Crippen LogP contribution in [0.25, 0.3) is 0 Å². The number of aliphatic carboxylic acids is 1.